The molecule has 0 radical (unpaired) electrons. The predicted octanol–water partition coefficient (Wildman–Crippen LogP) is 1.29. The van der Waals surface area contributed by atoms with Gasteiger partial charge in [-0.05, 0) is 13.0 Å². The number of carbonyl (C=O) groups is 1. The first-order valence-corrected chi connectivity index (χ1v) is 4.64. The lowest BCUT2D eigenvalue weighted by Crippen LogP contribution is -2.00. The molecule has 0 fully saturated rings. The number of ether oxygens (including phenoxy) is 1. The van der Waals surface area contributed by atoms with Gasteiger partial charge in [-0.15, -0.1) is 0 Å². The number of halogens is 1. The summed E-state index contributed by atoms with van der Waals surface area (Å²) in [6.45, 7) is 2.05. The molecule has 0 atom stereocenters. The Kier molecular flexibility index (Phi) is 4.05. The van der Waals surface area contributed by atoms with Gasteiger partial charge in [-0.1, -0.05) is 11.6 Å². The van der Waals surface area contributed by atoms with Crippen LogP contribution in [0.2, 0.25) is 5.15 Å². The number of hydrogen-bond acceptors (Lipinski definition) is 5. The molecule has 0 spiro atoms. The summed E-state index contributed by atoms with van der Waals surface area (Å²) >= 11 is 5.56. The first-order chi connectivity index (χ1) is 7.13. The highest BCUT2D eigenvalue weighted by molar-refractivity contribution is 6.29. The number of carbonyl (C=O) groups excluding carboxylic acids is 1. The van der Waals surface area contributed by atoms with Gasteiger partial charge in [0.1, 0.15) is 10.8 Å². The minimum Gasteiger partial charge on any atom is -0.463 e. The molecule has 1 rings (SSSR count). The van der Waals surface area contributed by atoms with Gasteiger partial charge in [0.15, 0.2) is 5.82 Å². The molecule has 6 heteroatoms. The smallest absolute Gasteiger partial charge is 0.330 e. The van der Waals surface area contributed by atoms with Gasteiger partial charge >= 0.3 is 5.97 Å². The molecule has 1 aromatic heterocycles. The quantitative estimate of drug-likeness (QED) is 0.622. The number of rotatable bonds is 3. The van der Waals surface area contributed by atoms with Crippen LogP contribution in [0.1, 0.15) is 12.6 Å². The number of esters is 1. The van der Waals surface area contributed by atoms with Crippen molar-refractivity contribution in [2.24, 2.45) is 0 Å². The predicted molar refractivity (Wildman–Crippen MR) is 57.1 cm³/mol. The van der Waals surface area contributed by atoms with Gasteiger partial charge in [0.2, 0.25) is 0 Å². The molecule has 0 bridgehead atoms. The second kappa shape index (κ2) is 5.31. The van der Waals surface area contributed by atoms with Gasteiger partial charge in [0.05, 0.1) is 12.8 Å². The SMILES string of the molecule is CCOC(=O)C=Cc1ncc(Cl)nc1N. The zero-order valence-electron chi connectivity index (χ0n) is 8.11. The fourth-order valence-electron chi connectivity index (χ4n) is 0.856. The van der Waals surface area contributed by atoms with Crippen molar-refractivity contribution in [1.82, 2.24) is 9.97 Å². The summed E-state index contributed by atoms with van der Waals surface area (Å²) in [7, 11) is 0. The summed E-state index contributed by atoms with van der Waals surface area (Å²) in [5.41, 5.74) is 5.90. The molecule has 5 nitrogen and oxygen atoms in total. The van der Waals surface area contributed by atoms with E-state index >= 15 is 0 Å². The van der Waals surface area contributed by atoms with Gasteiger partial charge in [0, 0.05) is 6.08 Å². The van der Waals surface area contributed by atoms with Crippen molar-refractivity contribution >= 4 is 29.5 Å². The number of hydrogen-bond donors (Lipinski definition) is 1. The molecule has 1 aromatic rings. The van der Waals surface area contributed by atoms with Crippen molar-refractivity contribution in [3.05, 3.63) is 23.1 Å². The van der Waals surface area contributed by atoms with Crippen LogP contribution in [0, 0.1) is 0 Å². The number of nitrogens with zero attached hydrogens (tertiary/aromatic N) is 2. The standard InChI is InChI=1S/C9H10ClN3O2/c1-2-15-8(14)4-3-6-9(11)13-7(10)5-12-6/h3-5H,2H2,1H3,(H2,11,13). The number of nitrogen functional groups attached to an aromatic ring is 1. The Hall–Kier alpha value is -1.62. The Balaban J connectivity index is 2.76. The fraction of sp³-hybridized carbons (Fsp3) is 0.222. The van der Waals surface area contributed by atoms with Crippen LogP contribution in [0.15, 0.2) is 12.3 Å². The van der Waals surface area contributed by atoms with Crippen LogP contribution < -0.4 is 5.73 Å². The summed E-state index contributed by atoms with van der Waals surface area (Å²) in [4.78, 5) is 18.6. The number of nitrogens with two attached hydrogens (primary N) is 1. The van der Waals surface area contributed by atoms with Crippen LogP contribution >= 0.6 is 11.6 Å². The molecule has 80 valence electrons. The number of aromatic nitrogens is 2. The maximum Gasteiger partial charge on any atom is 0.330 e. The summed E-state index contributed by atoms with van der Waals surface area (Å²) in [5.74, 6) is -0.281. The van der Waals surface area contributed by atoms with Gasteiger partial charge in [-0.3, -0.25) is 0 Å². The largest absolute Gasteiger partial charge is 0.463 e. The maximum atomic E-state index is 11.0. The van der Waals surface area contributed by atoms with Crippen LogP contribution in [0.5, 0.6) is 0 Å². The van der Waals surface area contributed by atoms with Crippen LogP contribution in [-0.4, -0.2) is 22.5 Å². The highest BCUT2D eigenvalue weighted by atomic mass is 35.5. The lowest BCUT2D eigenvalue weighted by atomic mass is 10.3. The van der Waals surface area contributed by atoms with E-state index in [2.05, 4.69) is 14.7 Å². The van der Waals surface area contributed by atoms with Crippen LogP contribution in [0.25, 0.3) is 6.08 Å². The zero-order chi connectivity index (χ0) is 11.3. The van der Waals surface area contributed by atoms with Crippen molar-refractivity contribution in [1.29, 1.82) is 0 Å². The summed E-state index contributed by atoms with van der Waals surface area (Å²) in [5, 5.41) is 0.209. The first kappa shape index (κ1) is 11.5. The normalized spacial score (nSPS) is 10.5. The van der Waals surface area contributed by atoms with Crippen LogP contribution in [-0.2, 0) is 9.53 Å². The molecule has 0 aliphatic rings. The summed E-state index contributed by atoms with van der Waals surface area (Å²) in [6, 6.07) is 0. The van der Waals surface area contributed by atoms with Crippen LogP contribution in [0.3, 0.4) is 0 Å². The Labute approximate surface area is 91.9 Å². The summed E-state index contributed by atoms with van der Waals surface area (Å²) < 4.78 is 4.69. The molecular weight excluding hydrogens is 218 g/mol. The van der Waals surface area contributed by atoms with Crippen molar-refractivity contribution in [3.8, 4) is 0 Å². The van der Waals surface area contributed by atoms with Gasteiger partial charge in [-0.2, -0.15) is 0 Å². The van der Waals surface area contributed by atoms with Crippen molar-refractivity contribution in [3.63, 3.8) is 0 Å². The van der Waals surface area contributed by atoms with E-state index in [9.17, 15) is 4.79 Å². The second-order valence-electron chi connectivity index (χ2n) is 2.55. The van der Waals surface area contributed by atoms with E-state index in [1.54, 1.807) is 6.92 Å². The third-order valence-electron chi connectivity index (χ3n) is 1.46. The van der Waals surface area contributed by atoms with Crippen molar-refractivity contribution < 1.29 is 9.53 Å². The van der Waals surface area contributed by atoms with Crippen molar-refractivity contribution in [2.75, 3.05) is 12.3 Å². The Bertz CT molecular complexity index is 393. The monoisotopic (exact) mass is 227 g/mol. The lowest BCUT2D eigenvalue weighted by Gasteiger charge is -1.98. The minimum absolute atomic E-state index is 0.169. The molecule has 15 heavy (non-hydrogen) atoms. The van der Waals surface area contributed by atoms with Crippen molar-refractivity contribution in [2.45, 2.75) is 6.92 Å². The van der Waals surface area contributed by atoms with E-state index in [1.807, 2.05) is 0 Å². The molecular formula is C9H10ClN3O2. The Morgan fingerprint density at radius 3 is 3.07 bits per heavy atom. The molecule has 0 amide bonds. The zero-order valence-corrected chi connectivity index (χ0v) is 8.86. The van der Waals surface area contributed by atoms with E-state index in [-0.39, 0.29) is 11.0 Å². The molecule has 0 aromatic carbocycles. The Morgan fingerprint density at radius 2 is 2.47 bits per heavy atom. The third kappa shape index (κ3) is 3.55. The maximum absolute atomic E-state index is 11.0. The molecule has 0 saturated carbocycles. The van der Waals surface area contributed by atoms with E-state index in [1.165, 1.54) is 18.3 Å². The van der Waals surface area contributed by atoms with Gasteiger partial charge in [-0.25, -0.2) is 14.8 Å². The molecule has 0 aliphatic carbocycles. The molecule has 0 aliphatic heterocycles. The highest BCUT2D eigenvalue weighted by Gasteiger charge is 2.00. The van der Waals surface area contributed by atoms with E-state index in [4.69, 9.17) is 17.3 Å². The average molecular weight is 228 g/mol. The topological polar surface area (TPSA) is 78.1 Å². The van der Waals surface area contributed by atoms with E-state index < -0.39 is 5.97 Å². The first-order valence-electron chi connectivity index (χ1n) is 4.26. The second-order valence-corrected chi connectivity index (χ2v) is 2.94. The number of anilines is 1. The Morgan fingerprint density at radius 1 is 1.73 bits per heavy atom. The van der Waals surface area contributed by atoms with Gasteiger partial charge < -0.3 is 10.5 Å². The van der Waals surface area contributed by atoms with E-state index in [0.29, 0.717) is 12.3 Å². The van der Waals surface area contributed by atoms with Gasteiger partial charge in [0.25, 0.3) is 0 Å². The average Bonchev–Trinajstić information content (AvgIpc) is 2.17. The van der Waals surface area contributed by atoms with E-state index in [0.717, 1.165) is 0 Å². The molecule has 0 unspecified atom stereocenters. The third-order valence-corrected chi connectivity index (χ3v) is 1.65. The fourth-order valence-corrected chi connectivity index (χ4v) is 0.996. The molecule has 0 saturated heterocycles. The van der Waals surface area contributed by atoms with Crippen LogP contribution in [0.4, 0.5) is 5.82 Å². The minimum atomic E-state index is -0.450. The highest BCUT2D eigenvalue weighted by Crippen LogP contribution is 2.11. The lowest BCUT2D eigenvalue weighted by molar-refractivity contribution is -0.137. The molecule has 2 N–H and O–H groups in total. The molecule has 1 heterocycles. The summed E-state index contributed by atoms with van der Waals surface area (Å²) in [6.07, 6.45) is 4.01.